The lowest BCUT2D eigenvalue weighted by atomic mass is 10.2. The third-order valence-corrected chi connectivity index (χ3v) is 1.69. The number of ether oxygens (including phenoxy) is 1. The fourth-order valence-electron chi connectivity index (χ4n) is 0.937. The van der Waals surface area contributed by atoms with E-state index in [-0.39, 0.29) is 5.97 Å². The third kappa shape index (κ3) is 7.79. The lowest BCUT2D eigenvalue weighted by Crippen LogP contribution is -1.96. The number of rotatable bonds is 4. The molecule has 4 heteroatoms. The maximum Gasteiger partial charge on any atom is 0.335 e. The SMILES string of the molecule is C=COC(=O)CCC.O=C(O)c1ccccc1. The minimum Gasteiger partial charge on any atom is -0.478 e. The lowest BCUT2D eigenvalue weighted by molar-refractivity contribution is -0.137. The molecule has 1 aromatic carbocycles. The first-order valence-electron chi connectivity index (χ1n) is 5.20. The molecule has 92 valence electrons. The first-order valence-corrected chi connectivity index (χ1v) is 5.20. The Morgan fingerprint density at radius 1 is 1.35 bits per heavy atom. The van der Waals surface area contributed by atoms with Crippen LogP contribution < -0.4 is 0 Å². The van der Waals surface area contributed by atoms with Crippen LogP contribution in [0.15, 0.2) is 43.2 Å². The van der Waals surface area contributed by atoms with Crippen molar-refractivity contribution in [1.82, 2.24) is 0 Å². The minimum absolute atomic E-state index is 0.206. The summed E-state index contributed by atoms with van der Waals surface area (Å²) in [7, 11) is 0. The van der Waals surface area contributed by atoms with Crippen LogP contribution in [0.2, 0.25) is 0 Å². The fraction of sp³-hybridized carbons (Fsp3) is 0.231. The summed E-state index contributed by atoms with van der Waals surface area (Å²) in [6.07, 6.45) is 2.46. The summed E-state index contributed by atoms with van der Waals surface area (Å²) >= 11 is 0. The van der Waals surface area contributed by atoms with Crippen LogP contribution in [0.5, 0.6) is 0 Å². The van der Waals surface area contributed by atoms with Crippen molar-refractivity contribution < 1.29 is 19.4 Å². The van der Waals surface area contributed by atoms with Gasteiger partial charge in [0.25, 0.3) is 0 Å². The van der Waals surface area contributed by atoms with Crippen molar-refractivity contribution in [2.45, 2.75) is 19.8 Å². The zero-order valence-electron chi connectivity index (χ0n) is 9.76. The Morgan fingerprint density at radius 2 is 1.94 bits per heavy atom. The van der Waals surface area contributed by atoms with Gasteiger partial charge in [-0.25, -0.2) is 4.79 Å². The van der Waals surface area contributed by atoms with E-state index in [0.717, 1.165) is 12.7 Å². The highest BCUT2D eigenvalue weighted by molar-refractivity contribution is 5.87. The molecule has 0 fully saturated rings. The van der Waals surface area contributed by atoms with Crippen LogP contribution in [0, 0.1) is 0 Å². The summed E-state index contributed by atoms with van der Waals surface area (Å²) in [5, 5.41) is 8.38. The summed E-state index contributed by atoms with van der Waals surface area (Å²) in [5.41, 5.74) is 0.331. The molecule has 0 saturated heterocycles. The Bertz CT molecular complexity index is 357. The molecule has 0 amide bonds. The zero-order valence-corrected chi connectivity index (χ0v) is 9.76. The van der Waals surface area contributed by atoms with Gasteiger partial charge in [0.15, 0.2) is 0 Å². The van der Waals surface area contributed by atoms with Crippen molar-refractivity contribution in [3.05, 3.63) is 48.7 Å². The molecule has 0 heterocycles. The fourth-order valence-corrected chi connectivity index (χ4v) is 0.937. The van der Waals surface area contributed by atoms with Crippen LogP contribution in [0.3, 0.4) is 0 Å². The van der Waals surface area contributed by atoms with E-state index in [1.54, 1.807) is 30.3 Å². The Kier molecular flexibility index (Phi) is 8.02. The van der Waals surface area contributed by atoms with Gasteiger partial charge in [-0.3, -0.25) is 4.79 Å². The molecule has 0 aromatic heterocycles. The second-order valence-corrected chi connectivity index (χ2v) is 3.08. The predicted octanol–water partition coefficient (Wildman–Crippen LogP) is 2.86. The summed E-state index contributed by atoms with van der Waals surface area (Å²) in [6.45, 7) is 5.16. The number of carboxylic acid groups (broad SMARTS) is 1. The minimum atomic E-state index is -0.879. The summed E-state index contributed by atoms with van der Waals surface area (Å²) in [4.78, 5) is 20.6. The van der Waals surface area contributed by atoms with E-state index in [1.807, 2.05) is 6.92 Å². The Hall–Kier alpha value is -2.10. The van der Waals surface area contributed by atoms with Crippen molar-refractivity contribution in [3.63, 3.8) is 0 Å². The quantitative estimate of drug-likeness (QED) is 0.645. The average Bonchev–Trinajstić information content (AvgIpc) is 2.32. The van der Waals surface area contributed by atoms with Gasteiger partial charge in [-0.1, -0.05) is 31.7 Å². The predicted molar refractivity (Wildman–Crippen MR) is 64.6 cm³/mol. The van der Waals surface area contributed by atoms with Crippen molar-refractivity contribution in [2.24, 2.45) is 0 Å². The van der Waals surface area contributed by atoms with Gasteiger partial charge in [0.1, 0.15) is 0 Å². The molecule has 0 bridgehead atoms. The largest absolute Gasteiger partial charge is 0.478 e. The van der Waals surface area contributed by atoms with E-state index in [4.69, 9.17) is 5.11 Å². The standard InChI is InChI=1S/C7H6O2.C6H10O2/c8-7(9)6-4-2-1-3-5-6;1-3-5-6(7)8-4-2/h1-5H,(H,8,9);4H,2-3,5H2,1H3. The number of carbonyl (C=O) groups excluding carboxylic acids is 1. The molecule has 0 aliphatic carbocycles. The van der Waals surface area contributed by atoms with Crippen LogP contribution in [-0.4, -0.2) is 17.0 Å². The van der Waals surface area contributed by atoms with Gasteiger partial charge >= 0.3 is 11.9 Å². The molecule has 17 heavy (non-hydrogen) atoms. The normalized spacial score (nSPS) is 8.53. The molecule has 0 atom stereocenters. The van der Waals surface area contributed by atoms with Crippen LogP contribution >= 0.6 is 0 Å². The highest BCUT2D eigenvalue weighted by atomic mass is 16.5. The molecule has 1 N–H and O–H groups in total. The van der Waals surface area contributed by atoms with Gasteiger partial charge in [-0.2, -0.15) is 0 Å². The van der Waals surface area contributed by atoms with Crippen molar-refractivity contribution in [1.29, 1.82) is 0 Å². The third-order valence-electron chi connectivity index (χ3n) is 1.69. The molecule has 0 spiro atoms. The first kappa shape index (κ1) is 14.9. The number of esters is 1. The topological polar surface area (TPSA) is 63.6 Å². The van der Waals surface area contributed by atoms with E-state index in [0.29, 0.717) is 12.0 Å². The molecule has 0 aliphatic heterocycles. The smallest absolute Gasteiger partial charge is 0.335 e. The van der Waals surface area contributed by atoms with Crippen molar-refractivity contribution >= 4 is 11.9 Å². The maximum atomic E-state index is 10.3. The van der Waals surface area contributed by atoms with Gasteiger partial charge in [0, 0.05) is 6.42 Å². The summed E-state index contributed by atoms with van der Waals surface area (Å²) in [5.74, 6) is -1.09. The number of hydrogen-bond acceptors (Lipinski definition) is 3. The van der Waals surface area contributed by atoms with E-state index in [2.05, 4.69) is 11.3 Å². The first-order chi connectivity index (χ1) is 8.11. The highest BCUT2D eigenvalue weighted by Gasteiger charge is 1.96. The molecule has 1 aromatic rings. The van der Waals surface area contributed by atoms with Crippen LogP contribution in [0.1, 0.15) is 30.1 Å². The number of hydrogen-bond donors (Lipinski definition) is 1. The van der Waals surface area contributed by atoms with Crippen LogP contribution in [-0.2, 0) is 9.53 Å². The Morgan fingerprint density at radius 3 is 2.29 bits per heavy atom. The molecule has 0 unspecified atom stereocenters. The molecular weight excluding hydrogens is 220 g/mol. The monoisotopic (exact) mass is 236 g/mol. The summed E-state index contributed by atoms with van der Waals surface area (Å²) in [6, 6.07) is 8.30. The van der Waals surface area contributed by atoms with Gasteiger partial charge in [-0.15, -0.1) is 0 Å². The average molecular weight is 236 g/mol. The number of benzene rings is 1. The summed E-state index contributed by atoms with van der Waals surface area (Å²) < 4.78 is 4.41. The van der Waals surface area contributed by atoms with Crippen LogP contribution in [0.4, 0.5) is 0 Å². The second kappa shape index (κ2) is 9.15. The number of aromatic carboxylic acids is 1. The van der Waals surface area contributed by atoms with Gasteiger partial charge in [-0.05, 0) is 18.6 Å². The Labute approximate surface area is 101 Å². The highest BCUT2D eigenvalue weighted by Crippen LogP contribution is 1.96. The molecule has 4 nitrogen and oxygen atoms in total. The molecule has 1 rings (SSSR count). The molecule has 0 aliphatic rings. The van der Waals surface area contributed by atoms with Crippen molar-refractivity contribution in [3.8, 4) is 0 Å². The van der Waals surface area contributed by atoms with Gasteiger partial charge < -0.3 is 9.84 Å². The van der Waals surface area contributed by atoms with Crippen LogP contribution in [0.25, 0.3) is 0 Å². The second-order valence-electron chi connectivity index (χ2n) is 3.08. The van der Waals surface area contributed by atoms with E-state index in [1.165, 1.54) is 0 Å². The number of carboxylic acids is 1. The maximum absolute atomic E-state index is 10.3. The lowest BCUT2D eigenvalue weighted by Gasteiger charge is -1.92. The van der Waals surface area contributed by atoms with E-state index in [9.17, 15) is 9.59 Å². The van der Waals surface area contributed by atoms with E-state index < -0.39 is 5.97 Å². The Balaban J connectivity index is 0.000000304. The molecule has 0 radical (unpaired) electrons. The van der Waals surface area contributed by atoms with Gasteiger partial charge in [0.2, 0.25) is 0 Å². The zero-order chi connectivity index (χ0) is 13.1. The number of carbonyl (C=O) groups is 2. The van der Waals surface area contributed by atoms with Gasteiger partial charge in [0.05, 0.1) is 11.8 Å². The molecular formula is C13H16O4. The van der Waals surface area contributed by atoms with Crippen molar-refractivity contribution in [2.75, 3.05) is 0 Å². The van der Waals surface area contributed by atoms with E-state index >= 15 is 0 Å². The molecule has 0 saturated carbocycles.